The fourth-order valence-corrected chi connectivity index (χ4v) is 1.53. The van der Waals surface area contributed by atoms with Crippen LogP contribution in [0, 0.1) is 0 Å². The van der Waals surface area contributed by atoms with Gasteiger partial charge >= 0.3 is 5.97 Å². The van der Waals surface area contributed by atoms with Gasteiger partial charge in [0.25, 0.3) is 11.8 Å². The van der Waals surface area contributed by atoms with Crippen molar-refractivity contribution in [2.24, 2.45) is 5.73 Å². The summed E-state index contributed by atoms with van der Waals surface area (Å²) in [4.78, 5) is 34.2. The minimum Gasteiger partial charge on any atom is -0.484 e. The zero-order chi connectivity index (χ0) is 16.7. The summed E-state index contributed by atoms with van der Waals surface area (Å²) < 4.78 is 10.1. The van der Waals surface area contributed by atoms with Gasteiger partial charge in [-0.2, -0.15) is 0 Å². The minimum atomic E-state index is -0.888. The van der Waals surface area contributed by atoms with Gasteiger partial charge in [-0.15, -0.1) is 0 Å². The van der Waals surface area contributed by atoms with E-state index in [0.29, 0.717) is 5.75 Å². The van der Waals surface area contributed by atoms with Crippen LogP contribution in [0.4, 0.5) is 0 Å². The molecular formula is C15H20N2O5. The SMILES string of the molecule is CC(C)NC(=O)[C@@H](C)OC(=O)c1ccc(OCC(N)=O)cc1. The molecule has 2 amide bonds. The van der Waals surface area contributed by atoms with E-state index in [1.54, 1.807) is 0 Å². The van der Waals surface area contributed by atoms with Gasteiger partial charge in [0.2, 0.25) is 0 Å². The van der Waals surface area contributed by atoms with Crippen molar-refractivity contribution in [2.75, 3.05) is 6.61 Å². The molecule has 0 spiro atoms. The number of esters is 1. The van der Waals surface area contributed by atoms with Gasteiger partial charge in [0, 0.05) is 6.04 Å². The molecule has 0 radical (unpaired) electrons. The van der Waals surface area contributed by atoms with Crippen molar-refractivity contribution in [1.82, 2.24) is 5.32 Å². The van der Waals surface area contributed by atoms with Crippen molar-refractivity contribution in [3.63, 3.8) is 0 Å². The Kier molecular flexibility index (Phi) is 6.37. The number of amides is 2. The van der Waals surface area contributed by atoms with Crippen molar-refractivity contribution in [2.45, 2.75) is 32.9 Å². The van der Waals surface area contributed by atoms with Gasteiger partial charge in [-0.3, -0.25) is 9.59 Å². The van der Waals surface area contributed by atoms with Crippen molar-refractivity contribution in [1.29, 1.82) is 0 Å². The van der Waals surface area contributed by atoms with Crippen molar-refractivity contribution in [3.05, 3.63) is 29.8 Å². The largest absolute Gasteiger partial charge is 0.484 e. The summed E-state index contributed by atoms with van der Waals surface area (Å²) in [7, 11) is 0. The molecule has 0 unspecified atom stereocenters. The zero-order valence-electron chi connectivity index (χ0n) is 12.8. The number of ether oxygens (including phenoxy) is 2. The average molecular weight is 308 g/mol. The normalized spacial score (nSPS) is 11.6. The molecule has 22 heavy (non-hydrogen) atoms. The molecule has 7 nitrogen and oxygen atoms in total. The third-order valence-electron chi connectivity index (χ3n) is 2.56. The summed E-state index contributed by atoms with van der Waals surface area (Å²) in [5.74, 6) is -1.16. The number of hydrogen-bond acceptors (Lipinski definition) is 5. The highest BCUT2D eigenvalue weighted by Crippen LogP contribution is 2.13. The fourth-order valence-electron chi connectivity index (χ4n) is 1.53. The van der Waals surface area contributed by atoms with E-state index in [9.17, 15) is 14.4 Å². The first-order valence-electron chi connectivity index (χ1n) is 6.82. The van der Waals surface area contributed by atoms with Crippen LogP contribution in [-0.4, -0.2) is 36.5 Å². The lowest BCUT2D eigenvalue weighted by Crippen LogP contribution is -2.39. The van der Waals surface area contributed by atoms with Crippen LogP contribution in [0.3, 0.4) is 0 Å². The van der Waals surface area contributed by atoms with Gasteiger partial charge in [0.15, 0.2) is 12.7 Å². The van der Waals surface area contributed by atoms with Crippen molar-refractivity contribution < 1.29 is 23.9 Å². The molecule has 1 rings (SSSR count). The van der Waals surface area contributed by atoms with Crippen LogP contribution in [-0.2, 0) is 14.3 Å². The second kappa shape index (κ2) is 8.02. The summed E-state index contributed by atoms with van der Waals surface area (Å²) in [6.07, 6.45) is -0.888. The first-order chi connectivity index (χ1) is 10.3. The van der Waals surface area contributed by atoms with Gasteiger partial charge in [0.1, 0.15) is 5.75 Å². The lowest BCUT2D eigenvalue weighted by atomic mass is 10.2. The van der Waals surface area contributed by atoms with Crippen molar-refractivity contribution in [3.8, 4) is 5.75 Å². The molecule has 120 valence electrons. The molecule has 3 N–H and O–H groups in total. The van der Waals surface area contributed by atoms with Crippen LogP contribution in [0.1, 0.15) is 31.1 Å². The first-order valence-corrected chi connectivity index (χ1v) is 6.82. The van der Waals surface area contributed by atoms with E-state index in [2.05, 4.69) is 5.32 Å². The average Bonchev–Trinajstić information content (AvgIpc) is 2.44. The molecule has 1 aromatic carbocycles. The minimum absolute atomic E-state index is 0.0321. The second-order valence-corrected chi connectivity index (χ2v) is 4.99. The highest BCUT2D eigenvalue weighted by Gasteiger charge is 2.19. The standard InChI is InChI=1S/C15H20N2O5/c1-9(2)17-14(19)10(3)22-15(20)11-4-6-12(7-5-11)21-8-13(16)18/h4-7,9-10H,8H2,1-3H3,(H2,16,18)(H,17,19)/t10-/m1/s1. The molecule has 0 heterocycles. The number of carbonyl (C=O) groups is 3. The summed E-state index contributed by atoms with van der Waals surface area (Å²) in [6.45, 7) is 4.89. The number of benzene rings is 1. The van der Waals surface area contributed by atoms with E-state index in [0.717, 1.165) is 0 Å². The summed E-state index contributed by atoms with van der Waals surface area (Å²) in [6, 6.07) is 5.95. The van der Waals surface area contributed by atoms with Crippen LogP contribution >= 0.6 is 0 Å². The topological polar surface area (TPSA) is 108 Å². The second-order valence-electron chi connectivity index (χ2n) is 4.99. The van der Waals surface area contributed by atoms with Crippen LogP contribution in [0.15, 0.2) is 24.3 Å². The molecule has 0 aliphatic rings. The van der Waals surface area contributed by atoms with Crippen LogP contribution in [0.25, 0.3) is 0 Å². The monoisotopic (exact) mass is 308 g/mol. The molecule has 1 atom stereocenters. The number of nitrogens with two attached hydrogens (primary N) is 1. The smallest absolute Gasteiger partial charge is 0.338 e. The molecule has 0 bridgehead atoms. The molecule has 0 aliphatic heterocycles. The Bertz CT molecular complexity index is 539. The van der Waals surface area contributed by atoms with Crippen LogP contribution in [0.2, 0.25) is 0 Å². The Labute approximate surface area is 128 Å². The van der Waals surface area contributed by atoms with Gasteiger partial charge in [0.05, 0.1) is 5.56 Å². The Morgan fingerprint density at radius 1 is 1.14 bits per heavy atom. The highest BCUT2D eigenvalue weighted by molar-refractivity contribution is 5.92. The first kappa shape index (κ1) is 17.5. The summed E-state index contributed by atoms with van der Waals surface area (Å²) in [5, 5.41) is 2.66. The van der Waals surface area contributed by atoms with Gasteiger partial charge < -0.3 is 20.5 Å². The molecule has 0 saturated heterocycles. The molecule has 0 aliphatic carbocycles. The van der Waals surface area contributed by atoms with Crippen LogP contribution < -0.4 is 15.8 Å². The predicted octanol–water partition coefficient (Wildman–Crippen LogP) is 0.621. The van der Waals surface area contributed by atoms with Gasteiger partial charge in [-0.25, -0.2) is 4.79 Å². The number of primary amides is 1. The third kappa shape index (κ3) is 5.82. The van der Waals surface area contributed by atoms with Gasteiger partial charge in [-0.05, 0) is 45.0 Å². The maximum Gasteiger partial charge on any atom is 0.338 e. The number of hydrogen-bond donors (Lipinski definition) is 2. The van der Waals surface area contributed by atoms with E-state index in [1.165, 1.54) is 31.2 Å². The molecule has 0 aromatic heterocycles. The predicted molar refractivity (Wildman–Crippen MR) is 79.3 cm³/mol. The number of carbonyl (C=O) groups excluding carboxylic acids is 3. The van der Waals surface area contributed by atoms with E-state index in [4.69, 9.17) is 15.2 Å². The maximum atomic E-state index is 11.9. The highest BCUT2D eigenvalue weighted by atomic mass is 16.5. The lowest BCUT2D eigenvalue weighted by Gasteiger charge is -2.15. The van der Waals surface area contributed by atoms with E-state index in [-0.39, 0.29) is 24.1 Å². The summed E-state index contributed by atoms with van der Waals surface area (Å²) >= 11 is 0. The third-order valence-corrected chi connectivity index (χ3v) is 2.56. The number of rotatable bonds is 7. The van der Waals surface area contributed by atoms with E-state index < -0.39 is 18.0 Å². The molecule has 0 saturated carbocycles. The fraction of sp³-hybridized carbons (Fsp3) is 0.400. The molecule has 7 heteroatoms. The molecule has 0 fully saturated rings. The van der Waals surface area contributed by atoms with Gasteiger partial charge in [-0.1, -0.05) is 0 Å². The summed E-state index contributed by atoms with van der Waals surface area (Å²) in [5.41, 5.74) is 5.23. The Balaban J connectivity index is 2.58. The number of nitrogens with one attached hydrogen (secondary N) is 1. The zero-order valence-corrected chi connectivity index (χ0v) is 12.8. The molecular weight excluding hydrogens is 288 g/mol. The van der Waals surface area contributed by atoms with Crippen molar-refractivity contribution >= 4 is 17.8 Å². The van der Waals surface area contributed by atoms with Crippen LogP contribution in [0.5, 0.6) is 5.75 Å². The molecule has 1 aromatic rings. The Morgan fingerprint density at radius 3 is 2.23 bits per heavy atom. The quantitative estimate of drug-likeness (QED) is 0.718. The lowest BCUT2D eigenvalue weighted by molar-refractivity contribution is -0.129. The Morgan fingerprint density at radius 2 is 1.73 bits per heavy atom. The van der Waals surface area contributed by atoms with E-state index >= 15 is 0 Å². The Hall–Kier alpha value is -2.57. The maximum absolute atomic E-state index is 11.9. The van der Waals surface area contributed by atoms with E-state index in [1.807, 2.05) is 13.8 Å².